The maximum Gasteiger partial charge on any atom is 0.139 e. The minimum Gasteiger partial charge on any atom is -0.356 e. The fourth-order valence-electron chi connectivity index (χ4n) is 2.96. The summed E-state index contributed by atoms with van der Waals surface area (Å²) in [7, 11) is 2.03. The summed E-state index contributed by atoms with van der Waals surface area (Å²) in [5, 5.41) is 4.45. The van der Waals surface area contributed by atoms with Crippen molar-refractivity contribution in [3.8, 4) is 0 Å². The van der Waals surface area contributed by atoms with Gasteiger partial charge in [0.25, 0.3) is 0 Å². The van der Waals surface area contributed by atoms with Crippen LogP contribution in [0.2, 0.25) is 0 Å². The topological polar surface area (TPSA) is 41.0 Å². The van der Waals surface area contributed by atoms with Gasteiger partial charge in [-0.2, -0.15) is 0 Å². The van der Waals surface area contributed by atoms with Crippen LogP contribution in [-0.4, -0.2) is 36.6 Å². The summed E-state index contributed by atoms with van der Waals surface area (Å²) in [5.74, 6) is 1.80. The number of aromatic nitrogens is 2. The monoisotopic (exact) mass is 256 g/mol. The van der Waals surface area contributed by atoms with Crippen LogP contribution in [0.15, 0.2) is 30.6 Å². The molecule has 100 valence electrons. The molecule has 4 heteroatoms. The first-order valence-electron chi connectivity index (χ1n) is 6.98. The number of para-hydroxylation sites is 1. The first kappa shape index (κ1) is 12.4. The van der Waals surface area contributed by atoms with Crippen LogP contribution < -0.4 is 10.2 Å². The summed E-state index contributed by atoms with van der Waals surface area (Å²) < 4.78 is 0. The molecule has 0 aliphatic carbocycles. The number of piperidine rings is 1. The molecular weight excluding hydrogens is 236 g/mol. The molecule has 3 rings (SSSR count). The van der Waals surface area contributed by atoms with Crippen LogP contribution >= 0.6 is 0 Å². The molecule has 0 spiro atoms. The molecule has 2 aromatic rings. The first-order chi connectivity index (χ1) is 9.38. The number of anilines is 1. The molecule has 1 unspecified atom stereocenters. The quantitative estimate of drug-likeness (QED) is 0.912. The zero-order valence-electron chi connectivity index (χ0n) is 11.3. The molecule has 0 radical (unpaired) electrons. The van der Waals surface area contributed by atoms with Crippen molar-refractivity contribution in [2.24, 2.45) is 5.92 Å². The lowest BCUT2D eigenvalue weighted by Crippen LogP contribution is -2.39. The highest BCUT2D eigenvalue weighted by Crippen LogP contribution is 2.26. The van der Waals surface area contributed by atoms with Crippen LogP contribution in [0.3, 0.4) is 0 Å². The van der Waals surface area contributed by atoms with Crippen LogP contribution in [0.25, 0.3) is 10.9 Å². The lowest BCUT2D eigenvalue weighted by Gasteiger charge is -2.34. The van der Waals surface area contributed by atoms with Gasteiger partial charge in [0.15, 0.2) is 0 Å². The van der Waals surface area contributed by atoms with Gasteiger partial charge < -0.3 is 10.2 Å². The lowest BCUT2D eigenvalue weighted by atomic mass is 9.98. The van der Waals surface area contributed by atoms with Crippen molar-refractivity contribution in [1.82, 2.24) is 15.3 Å². The molecule has 1 aromatic carbocycles. The van der Waals surface area contributed by atoms with Gasteiger partial charge in [0.2, 0.25) is 0 Å². The molecule has 2 heterocycles. The summed E-state index contributed by atoms with van der Waals surface area (Å²) in [6, 6.07) is 8.26. The van der Waals surface area contributed by atoms with Crippen molar-refractivity contribution in [2.45, 2.75) is 12.8 Å². The Bertz CT molecular complexity index is 547. The van der Waals surface area contributed by atoms with Gasteiger partial charge in [-0.25, -0.2) is 9.97 Å². The fraction of sp³-hybridized carbons (Fsp3) is 0.467. The number of hydrogen-bond acceptors (Lipinski definition) is 4. The zero-order valence-corrected chi connectivity index (χ0v) is 11.3. The van der Waals surface area contributed by atoms with Crippen molar-refractivity contribution in [1.29, 1.82) is 0 Å². The second kappa shape index (κ2) is 5.53. The van der Waals surface area contributed by atoms with Crippen molar-refractivity contribution in [3.05, 3.63) is 30.6 Å². The van der Waals surface area contributed by atoms with Gasteiger partial charge in [0.1, 0.15) is 12.1 Å². The average Bonchev–Trinajstić information content (AvgIpc) is 2.47. The molecule has 1 aromatic heterocycles. The molecular formula is C15H20N4. The molecule has 1 aliphatic rings. The lowest BCUT2D eigenvalue weighted by molar-refractivity contribution is 0.401. The average molecular weight is 256 g/mol. The molecule has 1 N–H and O–H groups in total. The Morgan fingerprint density at radius 2 is 2.21 bits per heavy atom. The maximum absolute atomic E-state index is 4.52. The third kappa shape index (κ3) is 2.54. The van der Waals surface area contributed by atoms with E-state index < -0.39 is 0 Å². The molecule has 1 atom stereocenters. The van der Waals surface area contributed by atoms with E-state index in [9.17, 15) is 0 Å². The Balaban J connectivity index is 1.91. The SMILES string of the molecule is CNCC1CCCN(c2ncnc3ccccc23)C1. The third-order valence-electron chi connectivity index (χ3n) is 3.83. The Morgan fingerprint density at radius 1 is 1.32 bits per heavy atom. The van der Waals surface area contributed by atoms with Crippen LogP contribution in [0.1, 0.15) is 12.8 Å². The van der Waals surface area contributed by atoms with Gasteiger partial charge in [-0.15, -0.1) is 0 Å². The van der Waals surface area contributed by atoms with Gasteiger partial charge in [0, 0.05) is 18.5 Å². The summed E-state index contributed by atoms with van der Waals surface area (Å²) in [5.41, 5.74) is 1.03. The van der Waals surface area contributed by atoms with E-state index in [4.69, 9.17) is 0 Å². The standard InChI is InChI=1S/C15H20N4/c1-16-9-12-5-4-8-19(10-12)15-13-6-2-3-7-14(13)17-11-18-15/h2-3,6-7,11-12,16H,4-5,8-10H2,1H3. The fourth-order valence-corrected chi connectivity index (χ4v) is 2.96. The number of rotatable bonds is 3. The smallest absolute Gasteiger partial charge is 0.139 e. The van der Waals surface area contributed by atoms with E-state index in [1.165, 1.54) is 12.8 Å². The van der Waals surface area contributed by atoms with E-state index in [1.54, 1.807) is 6.33 Å². The predicted octanol–water partition coefficient (Wildman–Crippen LogP) is 2.07. The van der Waals surface area contributed by atoms with Crippen molar-refractivity contribution in [2.75, 3.05) is 31.6 Å². The summed E-state index contributed by atoms with van der Waals surface area (Å²) in [4.78, 5) is 11.3. The largest absolute Gasteiger partial charge is 0.356 e. The van der Waals surface area contributed by atoms with E-state index in [1.807, 2.05) is 13.1 Å². The Labute approximate surface area is 113 Å². The van der Waals surface area contributed by atoms with Gasteiger partial charge in [-0.05, 0) is 44.5 Å². The predicted molar refractivity (Wildman–Crippen MR) is 78.4 cm³/mol. The molecule has 0 bridgehead atoms. The number of nitrogens with zero attached hydrogens (tertiary/aromatic N) is 3. The molecule has 1 saturated heterocycles. The minimum absolute atomic E-state index is 0.715. The van der Waals surface area contributed by atoms with Gasteiger partial charge >= 0.3 is 0 Å². The van der Waals surface area contributed by atoms with Crippen LogP contribution in [0.5, 0.6) is 0 Å². The molecule has 1 fully saturated rings. The van der Waals surface area contributed by atoms with Gasteiger partial charge in [0.05, 0.1) is 5.52 Å². The Morgan fingerprint density at radius 3 is 3.11 bits per heavy atom. The number of hydrogen-bond donors (Lipinski definition) is 1. The number of benzene rings is 1. The molecule has 0 amide bonds. The summed E-state index contributed by atoms with van der Waals surface area (Å²) in [6.07, 6.45) is 4.23. The van der Waals surface area contributed by atoms with E-state index in [2.05, 4.69) is 38.4 Å². The highest BCUT2D eigenvalue weighted by molar-refractivity contribution is 5.89. The molecule has 1 aliphatic heterocycles. The zero-order chi connectivity index (χ0) is 13.1. The Kier molecular flexibility index (Phi) is 3.60. The maximum atomic E-state index is 4.52. The van der Waals surface area contributed by atoms with E-state index in [0.717, 1.165) is 36.4 Å². The normalized spacial score (nSPS) is 19.8. The van der Waals surface area contributed by atoms with Gasteiger partial charge in [-0.1, -0.05) is 12.1 Å². The van der Waals surface area contributed by atoms with Crippen molar-refractivity contribution in [3.63, 3.8) is 0 Å². The summed E-state index contributed by atoms with van der Waals surface area (Å²) >= 11 is 0. The minimum atomic E-state index is 0.715. The molecule has 4 nitrogen and oxygen atoms in total. The van der Waals surface area contributed by atoms with E-state index in [-0.39, 0.29) is 0 Å². The van der Waals surface area contributed by atoms with Crippen LogP contribution in [0.4, 0.5) is 5.82 Å². The van der Waals surface area contributed by atoms with E-state index >= 15 is 0 Å². The highest BCUT2D eigenvalue weighted by Gasteiger charge is 2.21. The Hall–Kier alpha value is -1.68. The van der Waals surface area contributed by atoms with Gasteiger partial charge in [-0.3, -0.25) is 0 Å². The first-order valence-corrected chi connectivity index (χ1v) is 6.98. The molecule has 0 saturated carbocycles. The molecule has 19 heavy (non-hydrogen) atoms. The van der Waals surface area contributed by atoms with Crippen molar-refractivity contribution >= 4 is 16.7 Å². The number of fused-ring (bicyclic) bond motifs is 1. The van der Waals surface area contributed by atoms with E-state index in [0.29, 0.717) is 5.92 Å². The number of nitrogens with one attached hydrogen (secondary N) is 1. The second-order valence-corrected chi connectivity index (χ2v) is 5.23. The van der Waals surface area contributed by atoms with Crippen LogP contribution in [-0.2, 0) is 0 Å². The second-order valence-electron chi connectivity index (χ2n) is 5.23. The van der Waals surface area contributed by atoms with Crippen LogP contribution in [0, 0.1) is 5.92 Å². The van der Waals surface area contributed by atoms with Crippen molar-refractivity contribution < 1.29 is 0 Å². The third-order valence-corrected chi connectivity index (χ3v) is 3.83. The summed E-state index contributed by atoms with van der Waals surface area (Å²) in [6.45, 7) is 3.27. The highest BCUT2D eigenvalue weighted by atomic mass is 15.2.